The Bertz CT molecular complexity index is 1030. The smallest absolute Gasteiger partial charge is 0.328 e. The fourth-order valence-corrected chi connectivity index (χ4v) is 4.63. The van der Waals surface area contributed by atoms with E-state index < -0.39 is 18.1 Å². The number of Topliss-reactive ketones (excluding diaryl/α,β-unsaturated/α-hetero) is 1. The Morgan fingerprint density at radius 1 is 1.31 bits per heavy atom. The number of carbonyl (C=O) groups is 2. The molecule has 1 aliphatic carbocycles. The molecule has 170 valence electrons. The molecule has 3 atom stereocenters. The van der Waals surface area contributed by atoms with Crippen LogP contribution >= 0.6 is 12.6 Å². The molecule has 1 N–H and O–H groups in total. The molecule has 8 heteroatoms. The van der Waals surface area contributed by atoms with Gasteiger partial charge in [-0.05, 0) is 37.3 Å². The number of piperidine rings is 1. The summed E-state index contributed by atoms with van der Waals surface area (Å²) in [6.07, 6.45) is 8.23. The highest BCUT2D eigenvalue weighted by Gasteiger charge is 2.40. The molecule has 2 fully saturated rings. The third-order valence-corrected chi connectivity index (χ3v) is 6.87. The monoisotopic (exact) mass is 457 g/mol. The number of halogens is 1. The predicted molar refractivity (Wildman–Crippen MR) is 123 cm³/mol. The Morgan fingerprint density at radius 3 is 2.72 bits per heavy atom. The minimum Gasteiger partial charge on any atom is -0.480 e. The number of benzene rings is 1. The number of ketones is 1. The van der Waals surface area contributed by atoms with Crippen molar-refractivity contribution in [2.75, 3.05) is 13.1 Å². The lowest BCUT2D eigenvalue weighted by Gasteiger charge is -2.37. The molecule has 0 radical (unpaired) electrons. The molecule has 1 aliphatic heterocycles. The minimum atomic E-state index is -0.919. The van der Waals surface area contributed by atoms with Crippen LogP contribution in [0.5, 0.6) is 0 Å². The molecule has 3 unspecified atom stereocenters. The Labute approximate surface area is 192 Å². The maximum Gasteiger partial charge on any atom is 0.328 e. The maximum atomic E-state index is 14.7. The van der Waals surface area contributed by atoms with Gasteiger partial charge in [0, 0.05) is 41.6 Å². The summed E-state index contributed by atoms with van der Waals surface area (Å²) in [5.41, 5.74) is 2.23. The van der Waals surface area contributed by atoms with Gasteiger partial charge in [0.15, 0.2) is 5.78 Å². The van der Waals surface area contributed by atoms with Crippen molar-refractivity contribution in [3.8, 4) is 0 Å². The number of carboxylic acid groups (broad SMARTS) is 1. The topological polar surface area (TPSA) is 75.4 Å². The average Bonchev–Trinajstić information content (AvgIpc) is 3.52. The fraction of sp³-hybridized carbons (Fsp3) is 0.458. The van der Waals surface area contributed by atoms with Gasteiger partial charge < -0.3 is 5.11 Å². The van der Waals surface area contributed by atoms with Crippen molar-refractivity contribution in [2.24, 2.45) is 5.92 Å². The van der Waals surface area contributed by atoms with Gasteiger partial charge in [0.1, 0.15) is 11.9 Å². The van der Waals surface area contributed by atoms with Gasteiger partial charge >= 0.3 is 5.97 Å². The van der Waals surface area contributed by atoms with E-state index in [0.717, 1.165) is 30.4 Å². The summed E-state index contributed by atoms with van der Waals surface area (Å²) >= 11 is 4.73. The number of thiol groups is 1. The first-order valence-corrected chi connectivity index (χ1v) is 11.6. The number of nitrogens with zero attached hydrogens (tertiary/aromatic N) is 3. The van der Waals surface area contributed by atoms with Crippen LogP contribution in [0.2, 0.25) is 0 Å². The van der Waals surface area contributed by atoms with E-state index in [9.17, 15) is 19.1 Å². The van der Waals surface area contributed by atoms with E-state index in [4.69, 9.17) is 12.6 Å². The van der Waals surface area contributed by atoms with Crippen molar-refractivity contribution in [1.29, 1.82) is 0 Å². The van der Waals surface area contributed by atoms with E-state index in [0.29, 0.717) is 25.1 Å². The highest BCUT2D eigenvalue weighted by molar-refractivity contribution is 7.81. The SMILES string of the molecule is CCC(C(=O)O)n1cc(/C=C2\CN(C(C(=O)C3CC3)c3ccccc3F)CCC2S)cn1. The molecule has 32 heavy (non-hydrogen) atoms. The van der Waals surface area contributed by atoms with Gasteiger partial charge in [-0.25, -0.2) is 9.18 Å². The highest BCUT2D eigenvalue weighted by Crippen LogP contribution is 2.39. The molecule has 6 nitrogen and oxygen atoms in total. The van der Waals surface area contributed by atoms with Gasteiger partial charge in [0.25, 0.3) is 0 Å². The first-order valence-electron chi connectivity index (χ1n) is 11.1. The second kappa shape index (κ2) is 9.58. The van der Waals surface area contributed by atoms with Crippen LogP contribution in [0.4, 0.5) is 4.39 Å². The molecular weight excluding hydrogens is 429 g/mol. The number of carboxylic acids is 1. The normalized spacial score (nSPS) is 22.6. The van der Waals surface area contributed by atoms with Gasteiger partial charge in [-0.2, -0.15) is 17.7 Å². The second-order valence-electron chi connectivity index (χ2n) is 8.61. The largest absolute Gasteiger partial charge is 0.480 e. The molecule has 0 spiro atoms. The second-order valence-corrected chi connectivity index (χ2v) is 9.23. The van der Waals surface area contributed by atoms with Crippen LogP contribution in [-0.2, 0) is 9.59 Å². The molecule has 2 aliphatic rings. The van der Waals surface area contributed by atoms with Crippen LogP contribution in [0.1, 0.15) is 55.8 Å². The quantitative estimate of drug-likeness (QED) is 0.582. The summed E-state index contributed by atoms with van der Waals surface area (Å²) in [5.74, 6) is -1.17. The zero-order valence-corrected chi connectivity index (χ0v) is 18.9. The Hall–Kier alpha value is -2.45. The summed E-state index contributed by atoms with van der Waals surface area (Å²) in [6.45, 7) is 2.95. The molecule has 0 amide bonds. The molecule has 1 aromatic heterocycles. The predicted octanol–water partition coefficient (Wildman–Crippen LogP) is 4.17. The Morgan fingerprint density at radius 2 is 2.06 bits per heavy atom. The third kappa shape index (κ3) is 4.81. The minimum absolute atomic E-state index is 0.00773. The van der Waals surface area contributed by atoms with Crippen molar-refractivity contribution in [1.82, 2.24) is 14.7 Å². The van der Waals surface area contributed by atoms with Crippen LogP contribution in [0.15, 0.2) is 42.2 Å². The fourth-order valence-electron chi connectivity index (χ4n) is 4.36. The lowest BCUT2D eigenvalue weighted by Crippen LogP contribution is -2.42. The number of likely N-dealkylation sites (tertiary alicyclic amines) is 1. The average molecular weight is 458 g/mol. The van der Waals surface area contributed by atoms with Crippen LogP contribution in [-0.4, -0.2) is 49.9 Å². The van der Waals surface area contributed by atoms with E-state index in [2.05, 4.69) is 5.10 Å². The third-order valence-electron chi connectivity index (χ3n) is 6.28. The molecule has 0 bridgehead atoms. The molecule has 1 aromatic carbocycles. The van der Waals surface area contributed by atoms with Crippen molar-refractivity contribution in [3.63, 3.8) is 0 Å². The zero-order chi connectivity index (χ0) is 22.8. The summed E-state index contributed by atoms with van der Waals surface area (Å²) in [7, 11) is 0. The van der Waals surface area contributed by atoms with Gasteiger partial charge in [-0.1, -0.05) is 31.2 Å². The number of hydrogen-bond acceptors (Lipinski definition) is 5. The number of hydrogen-bond donors (Lipinski definition) is 2. The summed E-state index contributed by atoms with van der Waals surface area (Å²) in [5, 5.41) is 13.6. The maximum absolute atomic E-state index is 14.7. The van der Waals surface area contributed by atoms with E-state index in [1.807, 2.05) is 11.0 Å². The Balaban J connectivity index is 1.60. The molecular formula is C24H28FN3O3S. The lowest BCUT2D eigenvalue weighted by atomic mass is 9.93. The first kappa shape index (κ1) is 22.7. The molecule has 1 saturated heterocycles. The van der Waals surface area contributed by atoms with E-state index in [-0.39, 0.29) is 22.8 Å². The first-order chi connectivity index (χ1) is 15.4. The highest BCUT2D eigenvalue weighted by atomic mass is 32.1. The summed E-state index contributed by atoms with van der Waals surface area (Å²) in [4.78, 5) is 26.6. The zero-order valence-electron chi connectivity index (χ0n) is 18.0. The number of carbonyl (C=O) groups excluding carboxylic acids is 1. The standard InChI is InChI=1S/C24H28FN3O3S/c1-2-20(24(30)31)28-13-15(12-26-28)11-17-14-27(10-9-21(17)32)22(23(29)16-7-8-16)18-5-3-4-6-19(18)25/h3-6,11-13,16,20-22,32H,2,7-10,14H2,1H3,(H,30,31)/b17-11+. The van der Waals surface area contributed by atoms with Crippen molar-refractivity contribution < 1.29 is 19.1 Å². The summed E-state index contributed by atoms with van der Waals surface area (Å²) < 4.78 is 16.1. The number of aromatic nitrogens is 2. The van der Waals surface area contributed by atoms with Gasteiger partial charge in [-0.3, -0.25) is 14.4 Å². The van der Waals surface area contributed by atoms with Crippen LogP contribution < -0.4 is 0 Å². The van der Waals surface area contributed by atoms with Crippen LogP contribution in [0.3, 0.4) is 0 Å². The van der Waals surface area contributed by atoms with Crippen LogP contribution in [0.25, 0.3) is 6.08 Å². The van der Waals surface area contributed by atoms with Crippen molar-refractivity contribution in [2.45, 2.75) is 49.9 Å². The van der Waals surface area contributed by atoms with Crippen molar-refractivity contribution in [3.05, 3.63) is 59.2 Å². The van der Waals surface area contributed by atoms with Crippen molar-refractivity contribution >= 4 is 30.5 Å². The molecule has 4 rings (SSSR count). The van der Waals surface area contributed by atoms with Gasteiger partial charge in [-0.15, -0.1) is 0 Å². The number of rotatable bonds is 8. The van der Waals surface area contributed by atoms with E-state index in [1.165, 1.54) is 10.7 Å². The lowest BCUT2D eigenvalue weighted by molar-refractivity contribution is -0.141. The van der Waals surface area contributed by atoms with Gasteiger partial charge in [0.05, 0.1) is 12.2 Å². The van der Waals surface area contributed by atoms with Gasteiger partial charge in [0.2, 0.25) is 0 Å². The molecule has 2 heterocycles. The van der Waals surface area contributed by atoms with E-state index >= 15 is 0 Å². The molecule has 1 saturated carbocycles. The van der Waals surface area contributed by atoms with E-state index in [1.54, 1.807) is 37.5 Å². The molecule has 2 aromatic rings. The Kier molecular flexibility index (Phi) is 6.81. The number of aliphatic carboxylic acids is 1. The summed E-state index contributed by atoms with van der Waals surface area (Å²) in [6, 6.07) is 5.21. The van der Waals surface area contributed by atoms with Crippen LogP contribution in [0, 0.1) is 11.7 Å².